The summed E-state index contributed by atoms with van der Waals surface area (Å²) in [5.41, 5.74) is 2.07. The molecule has 2 aliphatic rings. The number of likely N-dealkylation sites (tertiary alicyclic amines) is 1. The summed E-state index contributed by atoms with van der Waals surface area (Å²) in [5, 5.41) is 2.85. The van der Waals surface area contributed by atoms with E-state index in [9.17, 15) is 14.4 Å². The van der Waals surface area contributed by atoms with E-state index in [0.29, 0.717) is 19.5 Å². The van der Waals surface area contributed by atoms with Gasteiger partial charge in [-0.15, -0.1) is 0 Å². The second kappa shape index (κ2) is 9.24. The van der Waals surface area contributed by atoms with Gasteiger partial charge < -0.3 is 15.0 Å². The molecule has 1 aliphatic heterocycles. The lowest BCUT2D eigenvalue weighted by atomic mass is 9.73. The van der Waals surface area contributed by atoms with Crippen molar-refractivity contribution in [3.63, 3.8) is 0 Å². The Labute approximate surface area is 201 Å². The smallest absolute Gasteiger partial charge is 0.408 e. The first-order chi connectivity index (χ1) is 16.1. The van der Waals surface area contributed by atoms with E-state index in [-0.39, 0.29) is 23.0 Å². The highest BCUT2D eigenvalue weighted by Crippen LogP contribution is 2.46. The van der Waals surface area contributed by atoms with Crippen LogP contribution in [-0.4, -0.2) is 47.4 Å². The van der Waals surface area contributed by atoms with Gasteiger partial charge >= 0.3 is 6.09 Å². The molecule has 2 aromatic carbocycles. The van der Waals surface area contributed by atoms with Crippen molar-refractivity contribution >= 4 is 17.8 Å². The fourth-order valence-electron chi connectivity index (χ4n) is 5.27. The first-order valence-electron chi connectivity index (χ1n) is 12.1. The van der Waals surface area contributed by atoms with Crippen molar-refractivity contribution in [1.82, 2.24) is 10.2 Å². The molecule has 0 bridgehead atoms. The topological polar surface area (TPSA) is 75.7 Å². The van der Waals surface area contributed by atoms with Crippen LogP contribution in [0.2, 0.25) is 0 Å². The summed E-state index contributed by atoms with van der Waals surface area (Å²) in [6.45, 7) is 8.45. The fourth-order valence-corrected chi connectivity index (χ4v) is 5.27. The quantitative estimate of drug-likeness (QED) is 0.706. The summed E-state index contributed by atoms with van der Waals surface area (Å²) in [4.78, 5) is 40.8. The summed E-state index contributed by atoms with van der Waals surface area (Å²) >= 11 is 0. The number of nitrogens with one attached hydrogen (secondary N) is 1. The lowest BCUT2D eigenvalue weighted by Crippen LogP contribution is -2.54. The third-order valence-electron chi connectivity index (χ3n) is 7.09. The van der Waals surface area contributed by atoms with Gasteiger partial charge in [-0.3, -0.25) is 9.59 Å². The van der Waals surface area contributed by atoms with Crippen molar-refractivity contribution in [2.24, 2.45) is 0 Å². The number of rotatable bonds is 4. The Morgan fingerprint density at radius 1 is 1.00 bits per heavy atom. The van der Waals surface area contributed by atoms with E-state index in [1.54, 1.807) is 20.8 Å². The minimum atomic E-state index is -0.746. The number of carbonyl (C=O) groups excluding carboxylic acids is 3. The molecular weight excluding hydrogens is 428 g/mol. The molecular formula is C28H34N2O4. The minimum Gasteiger partial charge on any atom is -0.444 e. The monoisotopic (exact) mass is 462 g/mol. The Bertz CT molecular complexity index is 1070. The van der Waals surface area contributed by atoms with E-state index in [1.165, 1.54) is 0 Å². The first kappa shape index (κ1) is 24.0. The van der Waals surface area contributed by atoms with Crippen LogP contribution in [0.5, 0.6) is 0 Å². The summed E-state index contributed by atoms with van der Waals surface area (Å²) in [6, 6.07) is 16.8. The van der Waals surface area contributed by atoms with E-state index in [2.05, 4.69) is 11.4 Å². The number of amides is 2. The Hall–Kier alpha value is -3.15. The normalized spacial score (nSPS) is 18.8. The number of fused-ring (bicyclic) bond motifs is 2. The first-order valence-corrected chi connectivity index (χ1v) is 12.1. The number of ketones is 1. The molecule has 0 radical (unpaired) electrons. The number of nitrogens with zero attached hydrogens (tertiary/aromatic N) is 1. The van der Waals surface area contributed by atoms with Crippen LogP contribution in [0.25, 0.3) is 0 Å². The van der Waals surface area contributed by atoms with Gasteiger partial charge in [-0.2, -0.15) is 0 Å². The zero-order chi connectivity index (χ0) is 24.5. The maximum absolute atomic E-state index is 13.7. The van der Waals surface area contributed by atoms with Crippen LogP contribution in [0.1, 0.15) is 74.4 Å². The number of piperidine rings is 1. The number of hydrogen-bond acceptors (Lipinski definition) is 4. The number of hydrogen-bond donors (Lipinski definition) is 1. The van der Waals surface area contributed by atoms with E-state index in [4.69, 9.17) is 4.74 Å². The average Bonchev–Trinajstić information content (AvgIpc) is 3.08. The van der Waals surface area contributed by atoms with E-state index >= 15 is 0 Å². The summed E-state index contributed by atoms with van der Waals surface area (Å²) in [6.07, 6.45) is 1.38. The molecule has 1 spiro atoms. The average molecular weight is 463 g/mol. The minimum absolute atomic E-state index is 0.116. The number of carbonyl (C=O) groups is 3. The molecule has 34 heavy (non-hydrogen) atoms. The summed E-state index contributed by atoms with van der Waals surface area (Å²) < 4.78 is 5.46. The molecule has 1 heterocycles. The lowest BCUT2D eigenvalue weighted by molar-refractivity contribution is -0.135. The van der Waals surface area contributed by atoms with E-state index in [1.807, 2.05) is 60.4 Å². The standard InChI is InChI=1S/C28H34N2O4/c1-19(20-10-6-5-7-11-20)24(29-26(33)34-27(2,3)4)25(32)30-16-14-28(15-17-30)18-23(31)21-12-8-9-13-22(21)28/h5-13,19,24H,14-18H2,1-4H3,(H,29,33)/t19-,24-/m0/s1. The third-order valence-corrected chi connectivity index (χ3v) is 7.09. The van der Waals surface area contributed by atoms with Crippen LogP contribution in [-0.2, 0) is 14.9 Å². The van der Waals surface area contributed by atoms with Crippen molar-refractivity contribution in [1.29, 1.82) is 0 Å². The van der Waals surface area contributed by atoms with Gasteiger partial charge in [0, 0.05) is 36.4 Å². The Morgan fingerprint density at radius 3 is 2.26 bits per heavy atom. The zero-order valence-electron chi connectivity index (χ0n) is 20.5. The molecule has 4 rings (SSSR count). The van der Waals surface area contributed by atoms with Crippen molar-refractivity contribution in [2.45, 2.75) is 69.9 Å². The van der Waals surface area contributed by atoms with Crippen LogP contribution in [0.4, 0.5) is 4.79 Å². The van der Waals surface area contributed by atoms with Gasteiger partial charge in [0.2, 0.25) is 5.91 Å². The maximum atomic E-state index is 13.7. The van der Waals surface area contributed by atoms with Crippen molar-refractivity contribution in [2.75, 3.05) is 13.1 Å². The summed E-state index contributed by atoms with van der Waals surface area (Å²) in [5.74, 6) is -0.155. The summed E-state index contributed by atoms with van der Waals surface area (Å²) in [7, 11) is 0. The fraction of sp³-hybridized carbons (Fsp3) is 0.464. The van der Waals surface area contributed by atoms with Gasteiger partial charge in [-0.05, 0) is 44.7 Å². The van der Waals surface area contributed by atoms with Gasteiger partial charge in [-0.25, -0.2) is 4.79 Å². The van der Waals surface area contributed by atoms with E-state index < -0.39 is 17.7 Å². The highest BCUT2D eigenvalue weighted by atomic mass is 16.6. The van der Waals surface area contributed by atoms with Crippen LogP contribution in [0, 0.1) is 0 Å². The highest BCUT2D eigenvalue weighted by Gasteiger charge is 2.46. The number of benzene rings is 2. The van der Waals surface area contributed by atoms with Gasteiger partial charge in [0.1, 0.15) is 11.6 Å². The number of alkyl carbamates (subject to hydrolysis) is 1. The van der Waals surface area contributed by atoms with Crippen LogP contribution in [0.15, 0.2) is 54.6 Å². The van der Waals surface area contributed by atoms with Crippen molar-refractivity contribution in [3.8, 4) is 0 Å². The molecule has 2 aromatic rings. The van der Waals surface area contributed by atoms with Gasteiger partial charge in [-0.1, -0.05) is 61.5 Å². The lowest BCUT2D eigenvalue weighted by Gasteiger charge is -2.41. The number of Topliss-reactive ketones (excluding diaryl/α,β-unsaturated/α-hetero) is 1. The maximum Gasteiger partial charge on any atom is 0.408 e. The molecule has 2 amide bonds. The third kappa shape index (κ3) is 4.86. The highest BCUT2D eigenvalue weighted by molar-refractivity contribution is 6.02. The van der Waals surface area contributed by atoms with Gasteiger partial charge in [0.05, 0.1) is 0 Å². The second-order valence-electron chi connectivity index (χ2n) is 10.6. The van der Waals surface area contributed by atoms with Crippen molar-refractivity contribution in [3.05, 3.63) is 71.3 Å². The molecule has 6 nitrogen and oxygen atoms in total. The Kier molecular flexibility index (Phi) is 6.52. The molecule has 1 fully saturated rings. The van der Waals surface area contributed by atoms with Gasteiger partial charge in [0.15, 0.2) is 5.78 Å². The molecule has 0 aromatic heterocycles. The van der Waals surface area contributed by atoms with Crippen LogP contribution < -0.4 is 5.32 Å². The van der Waals surface area contributed by atoms with Crippen LogP contribution in [0.3, 0.4) is 0 Å². The zero-order valence-corrected chi connectivity index (χ0v) is 20.5. The second-order valence-corrected chi connectivity index (χ2v) is 10.6. The van der Waals surface area contributed by atoms with Gasteiger partial charge in [0.25, 0.3) is 0 Å². The predicted octanol–water partition coefficient (Wildman–Crippen LogP) is 4.83. The number of ether oxygens (including phenoxy) is 1. The molecule has 0 unspecified atom stereocenters. The molecule has 0 saturated carbocycles. The molecule has 2 atom stereocenters. The molecule has 1 aliphatic carbocycles. The molecule has 1 saturated heterocycles. The van der Waals surface area contributed by atoms with E-state index in [0.717, 1.165) is 29.5 Å². The molecule has 1 N–H and O–H groups in total. The van der Waals surface area contributed by atoms with Crippen LogP contribution >= 0.6 is 0 Å². The molecule has 180 valence electrons. The Balaban J connectivity index is 1.52. The largest absolute Gasteiger partial charge is 0.444 e. The van der Waals surface area contributed by atoms with Crippen molar-refractivity contribution < 1.29 is 19.1 Å². The molecule has 6 heteroatoms. The predicted molar refractivity (Wildman–Crippen MR) is 131 cm³/mol. The SMILES string of the molecule is C[C@@H](c1ccccc1)[C@H](NC(=O)OC(C)(C)C)C(=O)N1CCC2(CC1)CC(=O)c1ccccc12. The Morgan fingerprint density at radius 2 is 1.62 bits per heavy atom.